The van der Waals surface area contributed by atoms with E-state index < -0.39 is 39.6 Å². The molecular weight excluding hydrogens is 424 g/mol. The van der Waals surface area contributed by atoms with Crippen molar-refractivity contribution < 1.29 is 22.7 Å². The Hall–Kier alpha value is -1.58. The van der Waals surface area contributed by atoms with Crippen LogP contribution < -0.4 is 5.32 Å². The third-order valence-corrected chi connectivity index (χ3v) is 7.58. The van der Waals surface area contributed by atoms with Crippen molar-refractivity contribution in [3.05, 3.63) is 29.8 Å². The summed E-state index contributed by atoms with van der Waals surface area (Å²) in [5.41, 5.74) is 0.269. The van der Waals surface area contributed by atoms with Crippen molar-refractivity contribution in [2.45, 2.75) is 64.1 Å². The van der Waals surface area contributed by atoms with Crippen LogP contribution in [-0.2, 0) is 24.3 Å². The normalized spacial score (nSPS) is 19.4. The summed E-state index contributed by atoms with van der Waals surface area (Å²) < 4.78 is 33.1. The fraction of sp³-hybridized carbons (Fsp3) is 0.619. The van der Waals surface area contributed by atoms with Crippen LogP contribution in [-0.4, -0.2) is 60.3 Å². The Morgan fingerprint density at radius 2 is 1.80 bits per heavy atom. The van der Waals surface area contributed by atoms with Gasteiger partial charge >= 0.3 is 5.97 Å². The molecule has 1 amide bonds. The van der Waals surface area contributed by atoms with Crippen LogP contribution in [0, 0.1) is 12.8 Å². The number of esters is 1. The molecule has 9 heteroatoms. The van der Waals surface area contributed by atoms with Crippen LogP contribution in [0.25, 0.3) is 0 Å². The Balaban J connectivity index is 2.25. The van der Waals surface area contributed by atoms with E-state index in [9.17, 15) is 18.0 Å². The van der Waals surface area contributed by atoms with E-state index in [0.29, 0.717) is 11.5 Å². The molecule has 1 fully saturated rings. The SMILES string of the molecule is Cc1ccc(S(=O)(=O)N2CCSC[C@H]2C(=O)N[C@@H](C(=O)OC(C)(C)C)C(C)C)cc1. The van der Waals surface area contributed by atoms with E-state index in [1.54, 1.807) is 45.0 Å². The van der Waals surface area contributed by atoms with Crippen molar-refractivity contribution in [2.75, 3.05) is 18.1 Å². The largest absolute Gasteiger partial charge is 0.458 e. The van der Waals surface area contributed by atoms with Crippen LogP contribution >= 0.6 is 11.8 Å². The molecule has 0 aromatic heterocycles. The minimum atomic E-state index is -3.84. The third kappa shape index (κ3) is 6.21. The van der Waals surface area contributed by atoms with E-state index in [0.717, 1.165) is 5.56 Å². The Bertz CT molecular complexity index is 860. The zero-order valence-corrected chi connectivity index (χ0v) is 20.1. The monoisotopic (exact) mass is 456 g/mol. The zero-order valence-electron chi connectivity index (χ0n) is 18.5. The van der Waals surface area contributed by atoms with E-state index in [1.807, 2.05) is 20.8 Å². The molecule has 1 aromatic rings. The molecule has 2 atom stereocenters. The molecule has 7 nitrogen and oxygen atoms in total. The number of ether oxygens (including phenoxy) is 1. The van der Waals surface area contributed by atoms with E-state index >= 15 is 0 Å². The van der Waals surface area contributed by atoms with Gasteiger partial charge in [-0.3, -0.25) is 4.79 Å². The molecule has 1 heterocycles. The van der Waals surface area contributed by atoms with Crippen LogP contribution in [0.5, 0.6) is 0 Å². The molecule has 0 saturated carbocycles. The van der Waals surface area contributed by atoms with Crippen LogP contribution in [0.3, 0.4) is 0 Å². The molecule has 1 saturated heterocycles. The molecule has 0 bridgehead atoms. The molecule has 0 spiro atoms. The average molecular weight is 457 g/mol. The molecule has 0 unspecified atom stereocenters. The van der Waals surface area contributed by atoms with Crippen LogP contribution in [0.1, 0.15) is 40.2 Å². The maximum Gasteiger partial charge on any atom is 0.329 e. The summed E-state index contributed by atoms with van der Waals surface area (Å²) in [4.78, 5) is 25.8. The number of hydrogen-bond acceptors (Lipinski definition) is 6. The first-order valence-electron chi connectivity index (χ1n) is 10.0. The lowest BCUT2D eigenvalue weighted by molar-refractivity contribution is -0.160. The van der Waals surface area contributed by atoms with Gasteiger partial charge in [-0.1, -0.05) is 31.5 Å². The van der Waals surface area contributed by atoms with Gasteiger partial charge in [0.05, 0.1) is 4.90 Å². The minimum Gasteiger partial charge on any atom is -0.458 e. The number of sulfonamides is 1. The van der Waals surface area contributed by atoms with Crippen LogP contribution in [0.4, 0.5) is 0 Å². The number of hydrogen-bond donors (Lipinski definition) is 1. The maximum absolute atomic E-state index is 13.2. The summed E-state index contributed by atoms with van der Waals surface area (Å²) in [7, 11) is -3.84. The van der Waals surface area contributed by atoms with Gasteiger partial charge in [0.25, 0.3) is 0 Å². The van der Waals surface area contributed by atoms with Gasteiger partial charge in [-0.15, -0.1) is 0 Å². The molecule has 1 aliphatic heterocycles. The molecule has 2 rings (SSSR count). The predicted octanol–water partition coefficient (Wildman–Crippen LogP) is 2.58. The van der Waals surface area contributed by atoms with Crippen molar-refractivity contribution in [3.63, 3.8) is 0 Å². The number of carbonyl (C=O) groups excluding carboxylic acids is 2. The van der Waals surface area contributed by atoms with Gasteiger partial charge in [0.1, 0.15) is 17.7 Å². The maximum atomic E-state index is 13.2. The van der Waals surface area contributed by atoms with Crippen molar-refractivity contribution in [1.29, 1.82) is 0 Å². The number of nitrogens with one attached hydrogen (secondary N) is 1. The summed E-state index contributed by atoms with van der Waals surface area (Å²) >= 11 is 1.52. The smallest absolute Gasteiger partial charge is 0.329 e. The van der Waals surface area contributed by atoms with E-state index in [4.69, 9.17) is 4.74 Å². The first-order valence-corrected chi connectivity index (χ1v) is 12.6. The average Bonchev–Trinajstić information content (AvgIpc) is 2.64. The highest BCUT2D eigenvalue weighted by Gasteiger charge is 2.40. The number of rotatable bonds is 6. The highest BCUT2D eigenvalue weighted by molar-refractivity contribution is 7.99. The van der Waals surface area contributed by atoms with Gasteiger partial charge in [0.15, 0.2) is 0 Å². The van der Waals surface area contributed by atoms with Crippen LogP contribution in [0.15, 0.2) is 29.2 Å². The summed E-state index contributed by atoms with van der Waals surface area (Å²) in [6.45, 7) is 11.0. The van der Waals surface area contributed by atoms with E-state index in [1.165, 1.54) is 16.1 Å². The molecule has 1 N–H and O–H groups in total. The fourth-order valence-corrected chi connectivity index (χ4v) is 5.89. The number of carbonyl (C=O) groups is 2. The molecular formula is C21H32N2O5S2. The zero-order chi connectivity index (χ0) is 22.7. The Morgan fingerprint density at radius 1 is 1.20 bits per heavy atom. The lowest BCUT2D eigenvalue weighted by Gasteiger charge is -2.35. The second-order valence-corrected chi connectivity index (χ2v) is 11.8. The fourth-order valence-electron chi connectivity index (χ4n) is 3.04. The van der Waals surface area contributed by atoms with Gasteiger partial charge < -0.3 is 10.1 Å². The molecule has 30 heavy (non-hydrogen) atoms. The molecule has 0 aliphatic carbocycles. The van der Waals surface area contributed by atoms with Gasteiger partial charge in [0.2, 0.25) is 15.9 Å². The third-order valence-electron chi connectivity index (χ3n) is 4.63. The summed E-state index contributed by atoms with van der Waals surface area (Å²) in [6.07, 6.45) is 0. The Morgan fingerprint density at radius 3 is 2.33 bits per heavy atom. The number of thioether (sulfide) groups is 1. The Kier molecular flexibility index (Phi) is 7.98. The first kappa shape index (κ1) is 24.7. The van der Waals surface area contributed by atoms with Crippen molar-refractivity contribution in [1.82, 2.24) is 9.62 Å². The molecule has 168 valence electrons. The first-order chi connectivity index (χ1) is 13.8. The van der Waals surface area contributed by atoms with Gasteiger partial charge in [0, 0.05) is 18.1 Å². The predicted molar refractivity (Wildman–Crippen MR) is 119 cm³/mol. The second-order valence-electron chi connectivity index (χ2n) is 8.78. The summed E-state index contributed by atoms with van der Waals surface area (Å²) in [6, 6.07) is 4.83. The number of amides is 1. The quantitative estimate of drug-likeness (QED) is 0.662. The van der Waals surface area contributed by atoms with Gasteiger partial charge in [-0.05, 0) is 45.7 Å². The highest BCUT2D eigenvalue weighted by atomic mass is 32.2. The highest BCUT2D eigenvalue weighted by Crippen LogP contribution is 2.25. The minimum absolute atomic E-state index is 0.158. The Labute approximate surface area is 184 Å². The van der Waals surface area contributed by atoms with Crippen molar-refractivity contribution >= 4 is 33.7 Å². The number of benzene rings is 1. The number of aryl methyl sites for hydroxylation is 1. The summed E-state index contributed by atoms with van der Waals surface area (Å²) in [5, 5.41) is 2.74. The summed E-state index contributed by atoms with van der Waals surface area (Å²) in [5.74, 6) is -0.281. The van der Waals surface area contributed by atoms with E-state index in [2.05, 4.69) is 5.32 Å². The second kappa shape index (κ2) is 9.70. The van der Waals surface area contributed by atoms with Gasteiger partial charge in [-0.2, -0.15) is 16.1 Å². The van der Waals surface area contributed by atoms with Crippen molar-refractivity contribution in [2.24, 2.45) is 5.92 Å². The lowest BCUT2D eigenvalue weighted by atomic mass is 10.0. The topological polar surface area (TPSA) is 92.8 Å². The standard InChI is InChI=1S/C21H32N2O5S2/c1-14(2)18(20(25)28-21(4,5)6)22-19(24)17-13-29-12-11-23(17)30(26,27)16-9-7-15(3)8-10-16/h7-10,14,17-18H,11-13H2,1-6H3,(H,22,24)/t17-,18+/m0/s1. The lowest BCUT2D eigenvalue weighted by Crippen LogP contribution is -2.57. The molecule has 1 aliphatic rings. The van der Waals surface area contributed by atoms with Gasteiger partial charge in [-0.25, -0.2) is 13.2 Å². The van der Waals surface area contributed by atoms with Crippen molar-refractivity contribution in [3.8, 4) is 0 Å². The molecule has 1 aromatic carbocycles. The van der Waals surface area contributed by atoms with E-state index in [-0.39, 0.29) is 17.4 Å². The van der Waals surface area contributed by atoms with Crippen LogP contribution in [0.2, 0.25) is 0 Å². The molecule has 0 radical (unpaired) electrons. The number of nitrogens with zero attached hydrogens (tertiary/aromatic N) is 1.